The number of nitrogens with one attached hydrogen (secondary N) is 1. The topological polar surface area (TPSA) is 38.0 Å². The van der Waals surface area contributed by atoms with Gasteiger partial charge < -0.3 is 0 Å². The average molecular weight is 366 g/mol. The molecule has 2 rings (SSSR count). The van der Waals surface area contributed by atoms with Crippen molar-refractivity contribution in [1.82, 2.24) is 5.43 Å². The molecule has 0 spiro atoms. The number of nitrogens with two attached hydrogens (primary N) is 1. The van der Waals surface area contributed by atoms with Crippen LogP contribution in [0.25, 0.3) is 0 Å². The second-order valence-corrected chi connectivity index (χ2v) is 6.04. The fourth-order valence-corrected chi connectivity index (χ4v) is 3.02. The summed E-state index contributed by atoms with van der Waals surface area (Å²) >= 11 is 2.36. The van der Waals surface area contributed by atoms with Crippen LogP contribution in [0.2, 0.25) is 0 Å². The van der Waals surface area contributed by atoms with Crippen LogP contribution in [0.4, 0.5) is 0 Å². The van der Waals surface area contributed by atoms with E-state index in [0.29, 0.717) is 0 Å². The summed E-state index contributed by atoms with van der Waals surface area (Å²) in [5.41, 5.74) is 8.16. The molecule has 1 atom stereocenters. The van der Waals surface area contributed by atoms with Crippen molar-refractivity contribution in [3.8, 4) is 0 Å². The second kappa shape index (κ2) is 6.50. The molecule has 2 aromatic rings. The summed E-state index contributed by atoms with van der Waals surface area (Å²) in [6.45, 7) is 4.28. The van der Waals surface area contributed by atoms with Gasteiger partial charge in [0.2, 0.25) is 0 Å². The molecular formula is C16H19IN2. The predicted octanol–water partition coefficient (Wildman–Crippen LogP) is 3.66. The summed E-state index contributed by atoms with van der Waals surface area (Å²) in [4.78, 5) is 0. The molecule has 0 aliphatic heterocycles. The lowest BCUT2D eigenvalue weighted by molar-refractivity contribution is 0.548. The van der Waals surface area contributed by atoms with Crippen molar-refractivity contribution in [1.29, 1.82) is 0 Å². The van der Waals surface area contributed by atoms with E-state index in [-0.39, 0.29) is 6.04 Å². The first-order valence-electron chi connectivity index (χ1n) is 6.38. The Morgan fingerprint density at radius 3 is 2.58 bits per heavy atom. The van der Waals surface area contributed by atoms with Gasteiger partial charge in [0.25, 0.3) is 0 Å². The number of rotatable bonds is 4. The first-order valence-corrected chi connectivity index (χ1v) is 7.46. The fourth-order valence-electron chi connectivity index (χ4n) is 2.26. The summed E-state index contributed by atoms with van der Waals surface area (Å²) in [6.07, 6.45) is 0.907. The zero-order chi connectivity index (χ0) is 13.8. The van der Waals surface area contributed by atoms with E-state index in [1.807, 2.05) is 0 Å². The van der Waals surface area contributed by atoms with Gasteiger partial charge in [0.05, 0.1) is 6.04 Å². The number of hydrogen-bond donors (Lipinski definition) is 2. The molecule has 2 nitrogen and oxygen atoms in total. The molecule has 1 unspecified atom stereocenters. The Morgan fingerprint density at radius 2 is 1.89 bits per heavy atom. The van der Waals surface area contributed by atoms with Crippen LogP contribution in [-0.2, 0) is 6.42 Å². The molecule has 0 amide bonds. The number of benzene rings is 2. The van der Waals surface area contributed by atoms with Gasteiger partial charge in [0.1, 0.15) is 0 Å². The van der Waals surface area contributed by atoms with Gasteiger partial charge in [0, 0.05) is 3.57 Å². The third kappa shape index (κ3) is 3.55. The van der Waals surface area contributed by atoms with Crippen molar-refractivity contribution in [2.75, 3.05) is 0 Å². The van der Waals surface area contributed by atoms with Crippen LogP contribution >= 0.6 is 22.6 Å². The number of hydrazine groups is 1. The Hall–Kier alpha value is -0.910. The van der Waals surface area contributed by atoms with E-state index in [1.54, 1.807) is 0 Å². The highest BCUT2D eigenvalue weighted by Gasteiger charge is 2.14. The van der Waals surface area contributed by atoms with E-state index >= 15 is 0 Å². The molecule has 0 bridgehead atoms. The van der Waals surface area contributed by atoms with Crippen LogP contribution in [0.3, 0.4) is 0 Å². The van der Waals surface area contributed by atoms with Crippen molar-refractivity contribution in [3.05, 3.63) is 68.3 Å². The van der Waals surface area contributed by atoms with Gasteiger partial charge >= 0.3 is 0 Å². The maximum atomic E-state index is 5.76. The zero-order valence-electron chi connectivity index (χ0n) is 11.3. The number of hydrogen-bond acceptors (Lipinski definition) is 2. The molecule has 0 heterocycles. The monoisotopic (exact) mass is 366 g/mol. The smallest absolute Gasteiger partial charge is 0.0510 e. The Bertz CT molecular complexity index is 566. The largest absolute Gasteiger partial charge is 0.271 e. The van der Waals surface area contributed by atoms with Gasteiger partial charge in [-0.3, -0.25) is 11.3 Å². The van der Waals surface area contributed by atoms with Crippen LogP contribution in [0, 0.1) is 17.4 Å². The molecule has 0 aromatic heterocycles. The Labute approximate surface area is 128 Å². The minimum absolute atomic E-state index is 0.147. The van der Waals surface area contributed by atoms with Gasteiger partial charge in [-0.25, -0.2) is 0 Å². The van der Waals surface area contributed by atoms with E-state index in [1.165, 1.54) is 25.8 Å². The number of aryl methyl sites for hydroxylation is 2. The minimum Gasteiger partial charge on any atom is -0.271 e. The Kier molecular flexibility index (Phi) is 4.96. The molecule has 0 saturated heterocycles. The molecule has 0 radical (unpaired) electrons. The number of halogens is 1. The van der Waals surface area contributed by atoms with Gasteiger partial charge in [0.15, 0.2) is 0 Å². The Balaban J connectivity index is 2.29. The summed E-state index contributed by atoms with van der Waals surface area (Å²) in [6, 6.07) is 15.1. The SMILES string of the molecule is Cc1ccc(C)c(CC(NN)c2ccccc2I)c1. The van der Waals surface area contributed by atoms with E-state index in [0.717, 1.165) is 6.42 Å². The minimum atomic E-state index is 0.147. The fraction of sp³-hybridized carbons (Fsp3) is 0.250. The molecular weight excluding hydrogens is 347 g/mol. The van der Waals surface area contributed by atoms with Gasteiger partial charge in [-0.05, 0) is 65.6 Å². The second-order valence-electron chi connectivity index (χ2n) is 4.87. The van der Waals surface area contributed by atoms with Crippen LogP contribution in [0.5, 0.6) is 0 Å². The molecule has 19 heavy (non-hydrogen) atoms. The third-order valence-corrected chi connectivity index (χ3v) is 4.39. The standard InChI is InChI=1S/C16H19IN2/c1-11-7-8-12(2)13(9-11)10-16(19-18)14-5-3-4-6-15(14)17/h3-9,16,19H,10,18H2,1-2H3. The van der Waals surface area contributed by atoms with E-state index in [9.17, 15) is 0 Å². The van der Waals surface area contributed by atoms with Gasteiger partial charge in [-0.2, -0.15) is 0 Å². The van der Waals surface area contributed by atoms with Crippen LogP contribution in [0.1, 0.15) is 28.3 Å². The predicted molar refractivity (Wildman–Crippen MR) is 88.8 cm³/mol. The average Bonchev–Trinajstić information content (AvgIpc) is 2.41. The third-order valence-electron chi connectivity index (χ3n) is 3.41. The van der Waals surface area contributed by atoms with E-state index < -0.39 is 0 Å². The maximum absolute atomic E-state index is 5.76. The molecule has 100 valence electrons. The van der Waals surface area contributed by atoms with Crippen molar-refractivity contribution in [2.45, 2.75) is 26.3 Å². The summed E-state index contributed by atoms with van der Waals surface area (Å²) in [5.74, 6) is 5.76. The summed E-state index contributed by atoms with van der Waals surface area (Å²) < 4.78 is 1.24. The van der Waals surface area contributed by atoms with Crippen molar-refractivity contribution in [3.63, 3.8) is 0 Å². The first-order chi connectivity index (χ1) is 9.11. The maximum Gasteiger partial charge on any atom is 0.0510 e. The van der Waals surface area contributed by atoms with Gasteiger partial charge in [-0.1, -0.05) is 42.0 Å². The highest BCUT2D eigenvalue weighted by atomic mass is 127. The van der Waals surface area contributed by atoms with Crippen LogP contribution in [-0.4, -0.2) is 0 Å². The van der Waals surface area contributed by atoms with Gasteiger partial charge in [-0.15, -0.1) is 0 Å². The summed E-state index contributed by atoms with van der Waals surface area (Å²) in [7, 11) is 0. The highest BCUT2D eigenvalue weighted by molar-refractivity contribution is 14.1. The quantitative estimate of drug-likeness (QED) is 0.493. The lowest BCUT2D eigenvalue weighted by Gasteiger charge is -2.19. The Morgan fingerprint density at radius 1 is 1.16 bits per heavy atom. The van der Waals surface area contributed by atoms with E-state index in [4.69, 9.17) is 5.84 Å². The molecule has 2 aromatic carbocycles. The molecule has 3 heteroatoms. The lowest BCUT2D eigenvalue weighted by atomic mass is 9.95. The van der Waals surface area contributed by atoms with Crippen molar-refractivity contribution < 1.29 is 0 Å². The normalized spacial score (nSPS) is 12.4. The summed E-state index contributed by atoms with van der Waals surface area (Å²) in [5, 5.41) is 0. The van der Waals surface area contributed by atoms with Crippen LogP contribution in [0.15, 0.2) is 42.5 Å². The zero-order valence-corrected chi connectivity index (χ0v) is 13.4. The lowest BCUT2D eigenvalue weighted by Crippen LogP contribution is -2.30. The molecule has 0 aliphatic rings. The molecule has 0 aliphatic carbocycles. The molecule has 3 N–H and O–H groups in total. The molecule has 0 fully saturated rings. The van der Waals surface area contributed by atoms with Crippen molar-refractivity contribution in [2.24, 2.45) is 5.84 Å². The highest BCUT2D eigenvalue weighted by Crippen LogP contribution is 2.24. The molecule has 0 saturated carbocycles. The first kappa shape index (κ1) is 14.5. The van der Waals surface area contributed by atoms with Crippen molar-refractivity contribution >= 4 is 22.6 Å². The van der Waals surface area contributed by atoms with Crippen LogP contribution < -0.4 is 11.3 Å². The van der Waals surface area contributed by atoms with E-state index in [2.05, 4.69) is 84.3 Å².